The van der Waals surface area contributed by atoms with Crippen molar-refractivity contribution in [1.82, 2.24) is 5.32 Å². The van der Waals surface area contributed by atoms with Crippen LogP contribution in [0.3, 0.4) is 0 Å². The zero-order valence-corrected chi connectivity index (χ0v) is 23.0. The molecular weight excluding hydrogens is 480 g/mol. The van der Waals surface area contributed by atoms with Crippen molar-refractivity contribution in [2.24, 2.45) is 33.7 Å². The van der Waals surface area contributed by atoms with Crippen LogP contribution >= 0.6 is 0 Å². The van der Waals surface area contributed by atoms with Gasteiger partial charge in [-0.25, -0.2) is 0 Å². The number of aromatic hydroxyl groups is 1. The molecule has 0 unspecified atom stereocenters. The van der Waals surface area contributed by atoms with Gasteiger partial charge in [0.2, 0.25) is 0 Å². The van der Waals surface area contributed by atoms with Crippen molar-refractivity contribution in [3.8, 4) is 5.75 Å². The molecule has 3 saturated carbocycles. The molecule has 4 aliphatic rings. The van der Waals surface area contributed by atoms with E-state index in [1.54, 1.807) is 19.1 Å². The fourth-order valence-electron chi connectivity index (χ4n) is 8.47. The minimum absolute atomic E-state index is 0.0619. The Labute approximate surface area is 225 Å². The summed E-state index contributed by atoms with van der Waals surface area (Å²) in [5, 5.41) is 27.9. The summed E-state index contributed by atoms with van der Waals surface area (Å²) >= 11 is 0. The molecule has 1 aromatic rings. The highest BCUT2D eigenvalue weighted by Crippen LogP contribution is 2.67. The minimum atomic E-state index is -1.17. The van der Waals surface area contributed by atoms with Gasteiger partial charge in [0.25, 0.3) is 5.91 Å². The summed E-state index contributed by atoms with van der Waals surface area (Å²) < 4.78 is 0. The third kappa shape index (κ3) is 4.57. The maximum atomic E-state index is 12.4. The molecule has 0 bridgehead atoms. The number of hydrogen-bond acceptors (Lipinski definition) is 6. The Morgan fingerprint density at radius 1 is 1.05 bits per heavy atom. The Hall–Kier alpha value is -2.67. The number of aliphatic hydroxyl groups is 1. The monoisotopic (exact) mass is 522 g/mol. The molecule has 0 radical (unpaired) electrons. The highest BCUT2D eigenvalue weighted by atomic mass is 16.6. The smallest absolute Gasteiger partial charge is 0.260 e. The number of phenolic OH excluding ortho intramolecular Hbond substituents is 1. The number of Topliss-reactive ketones (excluding diaryl/α,β-unsaturated/α-hetero) is 1. The summed E-state index contributed by atoms with van der Waals surface area (Å²) in [6.45, 7) is 6.53. The molecule has 0 spiro atoms. The van der Waals surface area contributed by atoms with Crippen molar-refractivity contribution in [2.75, 3.05) is 13.2 Å². The van der Waals surface area contributed by atoms with E-state index in [4.69, 9.17) is 4.84 Å². The van der Waals surface area contributed by atoms with Gasteiger partial charge in [0, 0.05) is 12.0 Å². The molecule has 0 saturated heterocycles. The van der Waals surface area contributed by atoms with Crippen LogP contribution in [0, 0.1) is 28.6 Å². The number of nitrogens with zero attached hydrogens (tertiary/aromatic N) is 1. The molecule has 5 rings (SSSR count). The third-order valence-electron chi connectivity index (χ3n) is 10.8. The number of oxime groups is 1. The van der Waals surface area contributed by atoms with Crippen LogP contribution in [-0.4, -0.2) is 46.4 Å². The van der Waals surface area contributed by atoms with E-state index >= 15 is 0 Å². The first-order chi connectivity index (χ1) is 18.1. The van der Waals surface area contributed by atoms with Gasteiger partial charge in [-0.05, 0) is 112 Å². The van der Waals surface area contributed by atoms with E-state index in [0.29, 0.717) is 37.1 Å². The number of phenols is 1. The summed E-state index contributed by atoms with van der Waals surface area (Å²) in [5.74, 6) is 1.48. The number of hydrogen-bond donors (Lipinski definition) is 3. The van der Waals surface area contributed by atoms with E-state index in [2.05, 4.69) is 30.4 Å². The van der Waals surface area contributed by atoms with Crippen molar-refractivity contribution >= 4 is 17.4 Å². The van der Waals surface area contributed by atoms with Gasteiger partial charge in [0.05, 0.1) is 5.71 Å². The maximum absolute atomic E-state index is 12.4. The van der Waals surface area contributed by atoms with Gasteiger partial charge in [-0.15, -0.1) is 0 Å². The number of rotatable bonds is 7. The highest BCUT2D eigenvalue weighted by Gasteiger charge is 2.65. The Balaban J connectivity index is 1.16. The molecule has 0 aliphatic heterocycles. The Bertz CT molecular complexity index is 1140. The average Bonchev–Trinajstić information content (AvgIpc) is 3.17. The number of nitrogens with one attached hydrogen (secondary N) is 1. The van der Waals surface area contributed by atoms with E-state index in [-0.39, 0.29) is 34.9 Å². The van der Waals surface area contributed by atoms with Crippen molar-refractivity contribution in [3.05, 3.63) is 41.5 Å². The zero-order chi connectivity index (χ0) is 27.1. The van der Waals surface area contributed by atoms with E-state index < -0.39 is 5.60 Å². The minimum Gasteiger partial charge on any atom is -0.508 e. The van der Waals surface area contributed by atoms with E-state index in [1.807, 2.05) is 12.1 Å². The van der Waals surface area contributed by atoms with Crippen LogP contribution in [0.4, 0.5) is 0 Å². The Morgan fingerprint density at radius 2 is 1.79 bits per heavy atom. The molecule has 1 amide bonds. The Morgan fingerprint density at radius 3 is 2.53 bits per heavy atom. The van der Waals surface area contributed by atoms with Gasteiger partial charge in [-0.1, -0.05) is 36.7 Å². The first-order valence-corrected chi connectivity index (χ1v) is 14.2. The number of amides is 1. The lowest BCUT2D eigenvalue weighted by molar-refractivity contribution is -0.159. The van der Waals surface area contributed by atoms with E-state index in [9.17, 15) is 19.8 Å². The molecule has 1 aromatic carbocycles. The normalized spacial score (nSPS) is 37.0. The maximum Gasteiger partial charge on any atom is 0.260 e. The van der Waals surface area contributed by atoms with E-state index in [1.165, 1.54) is 5.57 Å². The highest BCUT2D eigenvalue weighted by molar-refractivity contribution is 5.96. The summed E-state index contributed by atoms with van der Waals surface area (Å²) in [7, 11) is 0. The number of carbonyl (C=O) groups is 2. The summed E-state index contributed by atoms with van der Waals surface area (Å²) in [6.07, 6.45) is 10.3. The second kappa shape index (κ2) is 10.1. The molecule has 7 heteroatoms. The lowest BCUT2D eigenvalue weighted by Crippen LogP contribution is -2.57. The van der Waals surface area contributed by atoms with Crippen LogP contribution in [0.5, 0.6) is 5.75 Å². The van der Waals surface area contributed by atoms with Crippen LogP contribution in [0.1, 0.15) is 77.7 Å². The molecule has 3 fully saturated rings. The topological polar surface area (TPSA) is 108 Å². The summed E-state index contributed by atoms with van der Waals surface area (Å²) in [4.78, 5) is 30.0. The van der Waals surface area contributed by atoms with Gasteiger partial charge >= 0.3 is 0 Å². The molecule has 206 valence electrons. The zero-order valence-electron chi connectivity index (χ0n) is 23.0. The van der Waals surface area contributed by atoms with Gasteiger partial charge in [-0.2, -0.15) is 0 Å². The molecule has 6 atom stereocenters. The van der Waals surface area contributed by atoms with Crippen LogP contribution in [-0.2, 0) is 20.8 Å². The lowest BCUT2D eigenvalue weighted by Gasteiger charge is -2.59. The number of allylic oxidation sites excluding steroid dienone is 2. The molecule has 0 aromatic heterocycles. The standard InChI is InChI=1S/C31H42N2O5/c1-20(34)31(37)16-12-27-25-9-6-22-18-23(10-14-29(22,2)26(25)11-15-30(27,31)3)33-38-19-28(36)32-17-13-21-4-7-24(35)8-5-21/h4-5,7-8,18,25-27,35,37H,6,9-17,19H2,1-3H3,(H,32,36)/t25-,26+,27+,29+,30+,31+/m1/s1. The number of ketones is 1. The van der Waals surface area contributed by atoms with Crippen molar-refractivity contribution in [1.29, 1.82) is 0 Å². The van der Waals surface area contributed by atoms with Crippen LogP contribution < -0.4 is 5.32 Å². The number of benzene rings is 1. The van der Waals surface area contributed by atoms with Gasteiger partial charge in [-0.3, -0.25) is 9.59 Å². The quantitative estimate of drug-likeness (QED) is 0.450. The first-order valence-electron chi connectivity index (χ1n) is 14.2. The summed E-state index contributed by atoms with van der Waals surface area (Å²) in [6, 6.07) is 6.96. The number of fused-ring (bicyclic) bond motifs is 5. The van der Waals surface area contributed by atoms with Crippen molar-refractivity contribution < 1.29 is 24.6 Å². The number of carbonyl (C=O) groups excluding carboxylic acids is 2. The average molecular weight is 523 g/mol. The van der Waals surface area contributed by atoms with Crippen LogP contribution in [0.15, 0.2) is 41.1 Å². The van der Waals surface area contributed by atoms with Gasteiger partial charge in [0.15, 0.2) is 12.4 Å². The van der Waals surface area contributed by atoms with Crippen molar-refractivity contribution in [2.45, 2.75) is 84.2 Å². The molecule has 3 N–H and O–H groups in total. The SMILES string of the molecule is CC(=O)[C@@]1(O)CC[C@H]2[C@@H]3CCC4=CC(=NOCC(=O)NCCc5ccc(O)cc5)CC[C@]4(C)[C@H]3CC[C@@]21C. The van der Waals surface area contributed by atoms with Gasteiger partial charge in [0.1, 0.15) is 11.4 Å². The molecule has 0 heterocycles. The summed E-state index contributed by atoms with van der Waals surface area (Å²) in [5.41, 5.74) is 2.03. The molecule has 38 heavy (non-hydrogen) atoms. The van der Waals surface area contributed by atoms with Crippen molar-refractivity contribution in [3.63, 3.8) is 0 Å². The van der Waals surface area contributed by atoms with Crippen LogP contribution in [0.25, 0.3) is 0 Å². The molecule has 4 aliphatic carbocycles. The van der Waals surface area contributed by atoms with E-state index in [0.717, 1.165) is 56.2 Å². The Kier molecular flexibility index (Phi) is 7.18. The first kappa shape index (κ1) is 26.9. The third-order valence-corrected chi connectivity index (χ3v) is 10.8. The lowest BCUT2D eigenvalue weighted by atomic mass is 9.46. The second-order valence-corrected chi connectivity index (χ2v) is 12.5. The predicted molar refractivity (Wildman–Crippen MR) is 146 cm³/mol. The predicted octanol–water partition coefficient (Wildman–Crippen LogP) is 4.71. The largest absolute Gasteiger partial charge is 0.508 e. The molecule has 7 nitrogen and oxygen atoms in total. The van der Waals surface area contributed by atoms with Gasteiger partial charge < -0.3 is 20.4 Å². The fraction of sp³-hybridized carbons (Fsp3) is 0.645. The van der Waals surface area contributed by atoms with Crippen LogP contribution in [0.2, 0.25) is 0 Å². The second-order valence-electron chi connectivity index (χ2n) is 12.5. The fourth-order valence-corrected chi connectivity index (χ4v) is 8.47. The molecular formula is C31H42N2O5.